The zero-order valence-electron chi connectivity index (χ0n) is 12.0. The third-order valence-electron chi connectivity index (χ3n) is 4.30. The first-order valence-corrected chi connectivity index (χ1v) is 7.15. The van der Waals surface area contributed by atoms with Gasteiger partial charge in [0.15, 0.2) is 5.75 Å². The summed E-state index contributed by atoms with van der Waals surface area (Å²) in [5.41, 5.74) is 6.28. The second-order valence-electron chi connectivity index (χ2n) is 5.77. The molecule has 5 heteroatoms. The molecule has 2 N–H and O–H groups in total. The molecule has 0 heterocycles. The number of ether oxygens (including phenoxy) is 1. The van der Waals surface area contributed by atoms with Gasteiger partial charge in [-0.05, 0) is 42.7 Å². The fourth-order valence-corrected chi connectivity index (χ4v) is 2.72. The average Bonchev–Trinajstić information content (AvgIpc) is 2.43. The summed E-state index contributed by atoms with van der Waals surface area (Å²) in [5.74, 6) is 1.65. The van der Waals surface area contributed by atoms with Gasteiger partial charge in [0.25, 0.3) is 0 Å². The van der Waals surface area contributed by atoms with Gasteiger partial charge in [-0.25, -0.2) is 0 Å². The largest absolute Gasteiger partial charge is 0.483 e. The first-order valence-electron chi connectivity index (χ1n) is 7.15. The van der Waals surface area contributed by atoms with Crippen LogP contribution in [0.5, 0.6) is 5.75 Å². The molecule has 0 saturated heterocycles. The van der Waals surface area contributed by atoms with E-state index in [-0.39, 0.29) is 11.8 Å². The lowest BCUT2D eigenvalue weighted by Gasteiger charge is -2.32. The Kier molecular flexibility index (Phi) is 4.60. The zero-order chi connectivity index (χ0) is 14.7. The van der Waals surface area contributed by atoms with Crippen LogP contribution in [0.4, 0.5) is 5.69 Å². The summed E-state index contributed by atoms with van der Waals surface area (Å²) < 4.78 is 5.88. The second kappa shape index (κ2) is 6.22. The third kappa shape index (κ3) is 3.28. The Labute approximate surface area is 119 Å². The maximum Gasteiger partial charge on any atom is 0.311 e. The van der Waals surface area contributed by atoms with E-state index in [1.807, 2.05) is 0 Å². The minimum absolute atomic E-state index is 0.0132. The highest BCUT2D eigenvalue weighted by atomic mass is 16.6. The lowest BCUT2D eigenvalue weighted by molar-refractivity contribution is -0.386. The fourth-order valence-electron chi connectivity index (χ4n) is 2.72. The molecule has 3 atom stereocenters. The lowest BCUT2D eigenvalue weighted by Crippen LogP contribution is -2.29. The molecule has 1 aromatic rings. The fraction of sp³-hybridized carbons (Fsp3) is 0.600. The van der Waals surface area contributed by atoms with Gasteiger partial charge in [-0.15, -0.1) is 0 Å². The van der Waals surface area contributed by atoms with Crippen molar-refractivity contribution >= 4 is 5.69 Å². The molecule has 5 nitrogen and oxygen atoms in total. The minimum Gasteiger partial charge on any atom is -0.483 e. The summed E-state index contributed by atoms with van der Waals surface area (Å²) in [5, 5.41) is 11.1. The number of hydrogen-bond acceptors (Lipinski definition) is 4. The van der Waals surface area contributed by atoms with Crippen molar-refractivity contribution in [1.29, 1.82) is 0 Å². The average molecular weight is 278 g/mol. The van der Waals surface area contributed by atoms with Crippen molar-refractivity contribution in [1.82, 2.24) is 0 Å². The predicted octanol–water partition coefficient (Wildman–Crippen LogP) is 3.26. The molecular formula is C15H22N2O3. The van der Waals surface area contributed by atoms with E-state index in [4.69, 9.17) is 10.5 Å². The molecule has 0 spiro atoms. The quantitative estimate of drug-likeness (QED) is 0.677. The van der Waals surface area contributed by atoms with Crippen molar-refractivity contribution in [3.63, 3.8) is 0 Å². The second-order valence-corrected chi connectivity index (χ2v) is 5.77. The molecule has 0 aliphatic heterocycles. The predicted molar refractivity (Wildman–Crippen MR) is 77.6 cm³/mol. The molecule has 1 aliphatic rings. The van der Waals surface area contributed by atoms with Gasteiger partial charge in [0.1, 0.15) is 0 Å². The van der Waals surface area contributed by atoms with Gasteiger partial charge in [0, 0.05) is 12.6 Å². The molecule has 20 heavy (non-hydrogen) atoms. The highest BCUT2D eigenvalue weighted by Crippen LogP contribution is 2.35. The van der Waals surface area contributed by atoms with E-state index in [1.54, 1.807) is 12.1 Å². The molecular weight excluding hydrogens is 256 g/mol. The van der Waals surface area contributed by atoms with Crippen LogP contribution in [0.15, 0.2) is 18.2 Å². The van der Waals surface area contributed by atoms with Crippen LogP contribution in [0.2, 0.25) is 0 Å². The normalized spacial score (nSPS) is 26.2. The summed E-state index contributed by atoms with van der Waals surface area (Å²) >= 11 is 0. The Balaban J connectivity index is 2.14. The molecule has 3 unspecified atom stereocenters. The van der Waals surface area contributed by atoms with Crippen molar-refractivity contribution in [2.24, 2.45) is 17.6 Å². The van der Waals surface area contributed by atoms with Crippen LogP contribution in [0.3, 0.4) is 0 Å². The summed E-state index contributed by atoms with van der Waals surface area (Å²) in [6.45, 7) is 4.75. The van der Waals surface area contributed by atoms with Gasteiger partial charge in [0.2, 0.25) is 0 Å². The van der Waals surface area contributed by atoms with Gasteiger partial charge in [-0.1, -0.05) is 19.9 Å². The molecule has 0 radical (unpaired) electrons. The van der Waals surface area contributed by atoms with Crippen molar-refractivity contribution in [2.45, 2.75) is 45.8 Å². The first kappa shape index (κ1) is 14.8. The molecule has 1 fully saturated rings. The standard InChI is InChI=1S/C15H22N2O3/c1-10-3-5-13(7-11(10)2)20-15-6-4-12(9-16)8-14(15)17(18)19/h4,6,8,10-11,13H,3,5,7,9,16H2,1-2H3. The third-order valence-corrected chi connectivity index (χ3v) is 4.30. The van der Waals surface area contributed by atoms with Crippen LogP contribution >= 0.6 is 0 Å². The smallest absolute Gasteiger partial charge is 0.311 e. The molecule has 110 valence electrons. The highest BCUT2D eigenvalue weighted by Gasteiger charge is 2.27. The summed E-state index contributed by atoms with van der Waals surface area (Å²) in [6.07, 6.45) is 3.10. The van der Waals surface area contributed by atoms with Gasteiger partial charge >= 0.3 is 5.69 Å². The van der Waals surface area contributed by atoms with Crippen LogP contribution in [0.25, 0.3) is 0 Å². The Hall–Kier alpha value is -1.62. The molecule has 1 saturated carbocycles. The topological polar surface area (TPSA) is 78.4 Å². The van der Waals surface area contributed by atoms with E-state index in [2.05, 4.69) is 13.8 Å². The van der Waals surface area contributed by atoms with Gasteiger partial charge in [0.05, 0.1) is 11.0 Å². The van der Waals surface area contributed by atoms with Crippen LogP contribution in [-0.2, 0) is 6.54 Å². The number of nitro groups is 1. The van der Waals surface area contributed by atoms with Crippen LogP contribution in [-0.4, -0.2) is 11.0 Å². The highest BCUT2D eigenvalue weighted by molar-refractivity contribution is 5.48. The zero-order valence-corrected chi connectivity index (χ0v) is 12.0. The van der Waals surface area contributed by atoms with E-state index in [0.717, 1.165) is 24.8 Å². The van der Waals surface area contributed by atoms with Crippen LogP contribution < -0.4 is 10.5 Å². The van der Waals surface area contributed by atoms with E-state index in [0.29, 0.717) is 24.1 Å². The van der Waals surface area contributed by atoms with Gasteiger partial charge in [-0.3, -0.25) is 10.1 Å². The number of rotatable bonds is 4. The Morgan fingerprint density at radius 1 is 1.35 bits per heavy atom. The van der Waals surface area contributed by atoms with E-state index in [9.17, 15) is 10.1 Å². The Morgan fingerprint density at radius 3 is 2.70 bits per heavy atom. The van der Waals surface area contributed by atoms with Gasteiger partial charge < -0.3 is 10.5 Å². The molecule has 0 amide bonds. The first-order chi connectivity index (χ1) is 9.51. The van der Waals surface area contributed by atoms with E-state index in [1.165, 1.54) is 6.07 Å². The van der Waals surface area contributed by atoms with Crippen molar-refractivity contribution < 1.29 is 9.66 Å². The maximum absolute atomic E-state index is 11.1. The van der Waals surface area contributed by atoms with Gasteiger partial charge in [-0.2, -0.15) is 0 Å². The summed E-state index contributed by atoms with van der Waals surface area (Å²) in [7, 11) is 0. The number of hydrogen-bond donors (Lipinski definition) is 1. The SMILES string of the molecule is CC1CCC(Oc2ccc(CN)cc2[N+](=O)[O-])CC1C. The van der Waals surface area contributed by atoms with Crippen LogP contribution in [0, 0.1) is 22.0 Å². The summed E-state index contributed by atoms with van der Waals surface area (Å²) in [6, 6.07) is 4.96. The lowest BCUT2D eigenvalue weighted by atomic mass is 9.80. The summed E-state index contributed by atoms with van der Waals surface area (Å²) in [4.78, 5) is 10.7. The number of nitrogens with two attached hydrogens (primary N) is 1. The Bertz CT molecular complexity index is 490. The van der Waals surface area contributed by atoms with E-state index < -0.39 is 4.92 Å². The molecule has 1 aliphatic carbocycles. The van der Waals surface area contributed by atoms with Crippen molar-refractivity contribution in [2.75, 3.05) is 0 Å². The molecule has 0 aromatic heterocycles. The number of nitro benzene ring substituents is 1. The van der Waals surface area contributed by atoms with Crippen LogP contribution in [0.1, 0.15) is 38.7 Å². The molecule has 2 rings (SSSR count). The molecule has 1 aromatic carbocycles. The minimum atomic E-state index is -0.399. The maximum atomic E-state index is 11.1. The molecule has 0 bridgehead atoms. The van der Waals surface area contributed by atoms with E-state index >= 15 is 0 Å². The number of nitrogens with zero attached hydrogens (tertiary/aromatic N) is 1. The number of benzene rings is 1. The van der Waals surface area contributed by atoms with Crippen molar-refractivity contribution in [3.05, 3.63) is 33.9 Å². The Morgan fingerprint density at radius 2 is 2.10 bits per heavy atom. The van der Waals surface area contributed by atoms with Crippen molar-refractivity contribution in [3.8, 4) is 5.75 Å². The monoisotopic (exact) mass is 278 g/mol.